The van der Waals surface area contributed by atoms with Gasteiger partial charge in [0, 0.05) is 30.9 Å². The van der Waals surface area contributed by atoms with E-state index in [1.807, 2.05) is 45.0 Å². The fourth-order valence-electron chi connectivity index (χ4n) is 4.94. The molecule has 7 nitrogen and oxygen atoms in total. The molecule has 2 aromatic carbocycles. The van der Waals surface area contributed by atoms with Crippen LogP contribution in [0.4, 0.5) is 11.4 Å². The third-order valence-electron chi connectivity index (χ3n) is 7.25. The van der Waals surface area contributed by atoms with Crippen LogP contribution in [0.2, 0.25) is 0 Å². The Hall–Kier alpha value is -2.71. The first-order valence-corrected chi connectivity index (χ1v) is 13.3. The van der Waals surface area contributed by atoms with Crippen molar-refractivity contribution in [3.8, 4) is 0 Å². The zero-order valence-corrected chi connectivity index (χ0v) is 21.0. The molecule has 0 saturated heterocycles. The second-order valence-corrected chi connectivity index (χ2v) is 11.9. The highest BCUT2D eigenvalue weighted by Gasteiger charge is 2.42. The van der Waals surface area contributed by atoms with Crippen molar-refractivity contribution in [3.05, 3.63) is 53.6 Å². The van der Waals surface area contributed by atoms with Gasteiger partial charge in [0.1, 0.15) is 0 Å². The lowest BCUT2D eigenvalue weighted by Crippen LogP contribution is -2.34. The molecule has 34 heavy (non-hydrogen) atoms. The first-order chi connectivity index (χ1) is 16.0. The molecule has 1 saturated carbocycles. The summed E-state index contributed by atoms with van der Waals surface area (Å²) in [5.41, 5.74) is 2.66. The Labute approximate surface area is 202 Å². The zero-order valence-electron chi connectivity index (χ0n) is 20.2. The maximum atomic E-state index is 13.0. The number of nitrogens with one attached hydrogen (secondary N) is 2. The van der Waals surface area contributed by atoms with Crippen molar-refractivity contribution in [1.82, 2.24) is 4.72 Å². The zero-order chi connectivity index (χ0) is 24.7. The van der Waals surface area contributed by atoms with E-state index in [1.54, 1.807) is 30.1 Å². The largest absolute Gasteiger partial charge is 0.326 e. The fraction of sp³-hybridized carbons (Fsp3) is 0.462. The number of rotatable bonds is 6. The maximum Gasteiger partial charge on any atom is 0.240 e. The molecule has 1 fully saturated rings. The Balaban J connectivity index is 1.32. The molecule has 1 heterocycles. The number of nitrogens with zero attached hydrogens (tertiary/aromatic N) is 1. The van der Waals surface area contributed by atoms with Crippen molar-refractivity contribution in [3.63, 3.8) is 0 Å². The van der Waals surface area contributed by atoms with Gasteiger partial charge in [0.25, 0.3) is 0 Å². The van der Waals surface area contributed by atoms with E-state index in [-0.39, 0.29) is 28.5 Å². The lowest BCUT2D eigenvalue weighted by Gasteiger charge is -2.28. The molecule has 0 unspecified atom stereocenters. The molecule has 2 amide bonds. The summed E-state index contributed by atoms with van der Waals surface area (Å²) in [6.07, 6.45) is 3.08. The van der Waals surface area contributed by atoms with Crippen LogP contribution in [0.5, 0.6) is 0 Å². The summed E-state index contributed by atoms with van der Waals surface area (Å²) in [7, 11) is -1.99. The molecule has 2 aromatic rings. The predicted octanol–water partition coefficient (Wildman–Crippen LogP) is 3.97. The summed E-state index contributed by atoms with van der Waals surface area (Å²) in [4.78, 5) is 26.9. The second-order valence-electron chi connectivity index (χ2n) is 10.1. The summed E-state index contributed by atoms with van der Waals surface area (Å²) in [6, 6.07) is 12.6. The summed E-state index contributed by atoms with van der Waals surface area (Å²) in [5, 5.41) is 2.99. The number of anilines is 2. The Morgan fingerprint density at radius 1 is 1.06 bits per heavy atom. The van der Waals surface area contributed by atoms with Gasteiger partial charge in [-0.15, -0.1) is 0 Å². The number of carbonyl (C=O) groups excluding carboxylic acids is 2. The Bertz CT molecular complexity index is 1200. The van der Waals surface area contributed by atoms with Crippen LogP contribution in [-0.2, 0) is 25.0 Å². The van der Waals surface area contributed by atoms with Crippen LogP contribution in [0.3, 0.4) is 0 Å². The van der Waals surface area contributed by atoms with Crippen molar-refractivity contribution in [2.24, 2.45) is 11.8 Å². The van der Waals surface area contributed by atoms with Crippen LogP contribution in [0.25, 0.3) is 0 Å². The monoisotopic (exact) mass is 483 g/mol. The van der Waals surface area contributed by atoms with Crippen molar-refractivity contribution in [2.75, 3.05) is 23.8 Å². The molecule has 2 N–H and O–H groups in total. The fourth-order valence-corrected chi connectivity index (χ4v) is 6.08. The predicted molar refractivity (Wildman–Crippen MR) is 133 cm³/mol. The highest BCUT2D eigenvalue weighted by atomic mass is 32.2. The van der Waals surface area contributed by atoms with E-state index in [0.29, 0.717) is 6.54 Å². The molecule has 2 aliphatic rings. The molecule has 182 valence electrons. The van der Waals surface area contributed by atoms with Crippen LogP contribution in [0, 0.1) is 18.8 Å². The van der Waals surface area contributed by atoms with Gasteiger partial charge in [0.05, 0.1) is 10.3 Å². The number of fused-ring (bicyclic) bond motifs is 1. The third kappa shape index (κ3) is 4.74. The van der Waals surface area contributed by atoms with E-state index >= 15 is 0 Å². The first-order valence-electron chi connectivity index (χ1n) is 11.8. The van der Waals surface area contributed by atoms with E-state index in [0.717, 1.165) is 48.2 Å². The minimum atomic E-state index is -3.70. The Morgan fingerprint density at radius 3 is 2.35 bits per heavy atom. The molecule has 4 rings (SSSR count). The first kappa shape index (κ1) is 24.4. The summed E-state index contributed by atoms with van der Waals surface area (Å²) < 4.78 is 28.7. The van der Waals surface area contributed by atoms with E-state index in [2.05, 4.69) is 10.0 Å². The van der Waals surface area contributed by atoms with E-state index in [4.69, 9.17) is 0 Å². The third-order valence-corrected chi connectivity index (χ3v) is 8.67. The summed E-state index contributed by atoms with van der Waals surface area (Å²) >= 11 is 0. The lowest BCUT2D eigenvalue weighted by molar-refractivity contribution is -0.122. The summed E-state index contributed by atoms with van der Waals surface area (Å²) in [6.45, 7) is 5.98. The van der Waals surface area contributed by atoms with E-state index in [9.17, 15) is 18.0 Å². The van der Waals surface area contributed by atoms with Crippen LogP contribution in [0.15, 0.2) is 47.4 Å². The topological polar surface area (TPSA) is 95.6 Å². The average Bonchev–Trinajstić information content (AvgIpc) is 2.99. The molecular formula is C26H33N3O4S. The number of carbonyl (C=O) groups is 2. The van der Waals surface area contributed by atoms with Crippen LogP contribution >= 0.6 is 0 Å². The van der Waals surface area contributed by atoms with Gasteiger partial charge in [-0.3, -0.25) is 9.59 Å². The highest BCUT2D eigenvalue weighted by molar-refractivity contribution is 7.89. The molecule has 1 aliphatic heterocycles. The van der Waals surface area contributed by atoms with Gasteiger partial charge in [-0.1, -0.05) is 17.7 Å². The van der Waals surface area contributed by atoms with Gasteiger partial charge in [0.15, 0.2) is 0 Å². The number of likely N-dealkylation sites (N-methyl/N-ethyl adjacent to an activating group) is 1. The molecule has 0 atom stereocenters. The standard InChI is InChI=1S/C26H33N3O4S/c1-17-5-11-20(12-6-17)28-24(30)19-9-7-18(8-10-19)16-27-34(32,33)21-13-14-23-22(15-21)26(2,3)25(31)29(23)4/h5-6,11-15,18-19,27H,7-10,16H2,1-4H3,(H,28,30). The molecular weight excluding hydrogens is 450 g/mol. The molecule has 8 heteroatoms. The Morgan fingerprint density at radius 2 is 1.71 bits per heavy atom. The average molecular weight is 484 g/mol. The SMILES string of the molecule is Cc1ccc(NC(=O)C2CCC(CNS(=O)(=O)c3ccc4c(c3)C(C)(C)C(=O)N4C)CC2)cc1. The quantitative estimate of drug-likeness (QED) is 0.650. The number of amides is 2. The van der Waals surface area contributed by atoms with Crippen LogP contribution < -0.4 is 14.9 Å². The number of hydrogen-bond donors (Lipinski definition) is 2. The van der Waals surface area contributed by atoms with Crippen LogP contribution in [0.1, 0.15) is 50.7 Å². The number of sulfonamides is 1. The van der Waals surface area contributed by atoms with E-state index < -0.39 is 15.4 Å². The highest BCUT2D eigenvalue weighted by Crippen LogP contribution is 2.41. The van der Waals surface area contributed by atoms with Gasteiger partial charge in [0.2, 0.25) is 21.8 Å². The van der Waals surface area contributed by atoms with Gasteiger partial charge in [-0.25, -0.2) is 13.1 Å². The van der Waals surface area contributed by atoms with Crippen molar-refractivity contribution >= 4 is 33.2 Å². The van der Waals surface area contributed by atoms with Gasteiger partial charge < -0.3 is 10.2 Å². The number of aryl methyl sites for hydroxylation is 1. The minimum absolute atomic E-state index is 0.0307. The normalized spacial score (nSPS) is 21.9. The van der Waals surface area contributed by atoms with Gasteiger partial charge in [-0.05, 0) is 88.3 Å². The maximum absolute atomic E-state index is 13.0. The molecule has 0 bridgehead atoms. The number of hydrogen-bond acceptors (Lipinski definition) is 4. The molecule has 0 spiro atoms. The Kier molecular flexibility index (Phi) is 6.57. The van der Waals surface area contributed by atoms with Gasteiger partial charge >= 0.3 is 0 Å². The second kappa shape index (κ2) is 9.15. The van der Waals surface area contributed by atoms with E-state index in [1.165, 1.54) is 0 Å². The van der Waals surface area contributed by atoms with Gasteiger partial charge in [-0.2, -0.15) is 0 Å². The molecule has 0 radical (unpaired) electrons. The minimum Gasteiger partial charge on any atom is -0.326 e. The molecule has 0 aromatic heterocycles. The smallest absolute Gasteiger partial charge is 0.240 e. The van der Waals surface area contributed by atoms with Crippen molar-refractivity contribution < 1.29 is 18.0 Å². The molecule has 1 aliphatic carbocycles. The van der Waals surface area contributed by atoms with Crippen LogP contribution in [-0.4, -0.2) is 33.8 Å². The summed E-state index contributed by atoms with van der Waals surface area (Å²) in [5.74, 6) is 0.121. The number of benzene rings is 2. The van der Waals surface area contributed by atoms with Crippen molar-refractivity contribution in [1.29, 1.82) is 0 Å². The lowest BCUT2D eigenvalue weighted by atomic mass is 9.81. The van der Waals surface area contributed by atoms with Crippen molar-refractivity contribution in [2.45, 2.75) is 56.8 Å².